The summed E-state index contributed by atoms with van der Waals surface area (Å²) in [4.78, 5) is 31.6. The Hall–Kier alpha value is -2.99. The molecule has 2 aromatic heterocycles. The van der Waals surface area contributed by atoms with Crippen molar-refractivity contribution in [3.8, 4) is 0 Å². The van der Waals surface area contributed by atoms with Crippen molar-refractivity contribution < 1.29 is 4.79 Å². The van der Waals surface area contributed by atoms with Gasteiger partial charge >= 0.3 is 0 Å². The standard InChI is InChI=1S/C20H20N4O2/c1-13-7-8-24-18(9-13)22-10-15(20(24)26)19(25)23-11-16(17(21)12-23)14-5-3-2-4-6-14/h2-10,16-17H,11-12,21H2,1H3/t16-,17+/m0/s1. The number of aryl methyl sites for hydroxylation is 1. The number of hydrogen-bond acceptors (Lipinski definition) is 4. The Morgan fingerprint density at radius 3 is 2.73 bits per heavy atom. The minimum Gasteiger partial charge on any atom is -0.336 e. The summed E-state index contributed by atoms with van der Waals surface area (Å²) in [5.74, 6) is -0.245. The molecule has 1 fully saturated rings. The highest BCUT2D eigenvalue weighted by Gasteiger charge is 2.35. The molecule has 6 heteroatoms. The van der Waals surface area contributed by atoms with Crippen molar-refractivity contribution in [2.45, 2.75) is 18.9 Å². The summed E-state index contributed by atoms with van der Waals surface area (Å²) >= 11 is 0. The molecule has 2 atom stereocenters. The van der Waals surface area contributed by atoms with Crippen LogP contribution in [0, 0.1) is 6.92 Å². The number of nitrogens with zero attached hydrogens (tertiary/aromatic N) is 3. The molecule has 6 nitrogen and oxygen atoms in total. The molecule has 1 aliphatic heterocycles. The molecule has 2 N–H and O–H groups in total. The van der Waals surface area contributed by atoms with Crippen molar-refractivity contribution >= 4 is 11.6 Å². The fourth-order valence-corrected chi connectivity index (χ4v) is 3.54. The molecule has 0 radical (unpaired) electrons. The Balaban J connectivity index is 1.64. The van der Waals surface area contributed by atoms with Gasteiger partial charge in [0.15, 0.2) is 0 Å². The fourth-order valence-electron chi connectivity index (χ4n) is 3.54. The van der Waals surface area contributed by atoms with Crippen molar-refractivity contribution in [3.63, 3.8) is 0 Å². The maximum absolute atomic E-state index is 12.9. The number of amides is 1. The largest absolute Gasteiger partial charge is 0.336 e. The van der Waals surface area contributed by atoms with Crippen LogP contribution in [0.3, 0.4) is 0 Å². The number of pyridine rings is 1. The van der Waals surface area contributed by atoms with Gasteiger partial charge in [0.25, 0.3) is 11.5 Å². The topological polar surface area (TPSA) is 80.7 Å². The van der Waals surface area contributed by atoms with E-state index in [-0.39, 0.29) is 29.0 Å². The Bertz CT molecular complexity index is 1030. The second kappa shape index (κ2) is 6.38. The summed E-state index contributed by atoms with van der Waals surface area (Å²) in [7, 11) is 0. The van der Waals surface area contributed by atoms with Crippen molar-refractivity contribution in [3.05, 3.63) is 81.9 Å². The second-order valence-corrected chi connectivity index (χ2v) is 6.80. The molecular formula is C20H20N4O2. The average Bonchev–Trinajstić information content (AvgIpc) is 3.04. The number of benzene rings is 1. The van der Waals surface area contributed by atoms with Crippen LogP contribution in [0.5, 0.6) is 0 Å². The monoisotopic (exact) mass is 348 g/mol. The first-order valence-corrected chi connectivity index (χ1v) is 8.62. The van der Waals surface area contributed by atoms with Gasteiger partial charge in [0.2, 0.25) is 0 Å². The lowest BCUT2D eigenvalue weighted by molar-refractivity contribution is 0.0787. The number of fused-ring (bicyclic) bond motifs is 1. The van der Waals surface area contributed by atoms with Gasteiger partial charge in [0.1, 0.15) is 11.2 Å². The summed E-state index contributed by atoms with van der Waals surface area (Å²) in [6.45, 7) is 2.86. The summed E-state index contributed by atoms with van der Waals surface area (Å²) < 4.78 is 1.41. The molecule has 3 aromatic rings. The molecule has 0 bridgehead atoms. The van der Waals surface area contributed by atoms with E-state index >= 15 is 0 Å². The zero-order valence-electron chi connectivity index (χ0n) is 14.5. The highest BCUT2D eigenvalue weighted by Crippen LogP contribution is 2.27. The molecule has 132 valence electrons. The van der Waals surface area contributed by atoms with Crippen LogP contribution in [-0.4, -0.2) is 39.3 Å². The number of nitrogens with two attached hydrogens (primary N) is 1. The SMILES string of the molecule is Cc1ccn2c(=O)c(C(=O)N3C[C@@H](N)[C@H](c4ccccc4)C3)cnc2c1. The summed E-state index contributed by atoms with van der Waals surface area (Å²) in [6.07, 6.45) is 3.03. The lowest BCUT2D eigenvalue weighted by Crippen LogP contribution is -2.36. The van der Waals surface area contributed by atoms with E-state index < -0.39 is 0 Å². The average molecular weight is 348 g/mol. The number of likely N-dealkylation sites (tertiary alicyclic amines) is 1. The molecule has 0 aliphatic carbocycles. The van der Waals surface area contributed by atoms with Crippen LogP contribution in [-0.2, 0) is 0 Å². The molecule has 1 amide bonds. The third kappa shape index (κ3) is 2.78. The van der Waals surface area contributed by atoms with Gasteiger partial charge in [-0.25, -0.2) is 4.98 Å². The molecule has 1 aromatic carbocycles. The Kier molecular flexibility index (Phi) is 4.05. The Morgan fingerprint density at radius 1 is 1.19 bits per heavy atom. The van der Waals surface area contributed by atoms with Gasteiger partial charge in [0, 0.05) is 37.4 Å². The molecule has 1 aliphatic rings. The Morgan fingerprint density at radius 2 is 1.96 bits per heavy atom. The summed E-state index contributed by atoms with van der Waals surface area (Å²) in [5, 5.41) is 0. The Labute approximate surface area is 150 Å². The van der Waals surface area contributed by atoms with Crippen LogP contribution in [0.25, 0.3) is 5.65 Å². The predicted molar refractivity (Wildman–Crippen MR) is 99.3 cm³/mol. The maximum atomic E-state index is 12.9. The van der Waals surface area contributed by atoms with E-state index in [1.807, 2.05) is 49.4 Å². The lowest BCUT2D eigenvalue weighted by Gasteiger charge is -2.16. The van der Waals surface area contributed by atoms with E-state index in [0.29, 0.717) is 18.7 Å². The first kappa shape index (κ1) is 16.5. The maximum Gasteiger partial charge on any atom is 0.270 e. The molecule has 0 saturated carbocycles. The van der Waals surface area contributed by atoms with Crippen LogP contribution in [0.2, 0.25) is 0 Å². The number of hydrogen-bond donors (Lipinski definition) is 1. The van der Waals surface area contributed by atoms with Gasteiger partial charge in [-0.3, -0.25) is 14.0 Å². The molecule has 0 unspecified atom stereocenters. The number of aromatic nitrogens is 2. The van der Waals surface area contributed by atoms with E-state index in [1.54, 1.807) is 11.1 Å². The number of carbonyl (C=O) groups excluding carboxylic acids is 1. The highest BCUT2D eigenvalue weighted by atomic mass is 16.2. The minimum atomic E-state index is -0.350. The zero-order chi connectivity index (χ0) is 18.3. The van der Waals surface area contributed by atoms with Crippen LogP contribution < -0.4 is 11.3 Å². The van der Waals surface area contributed by atoms with E-state index in [2.05, 4.69) is 4.98 Å². The van der Waals surface area contributed by atoms with Gasteiger partial charge in [0.05, 0.1) is 0 Å². The smallest absolute Gasteiger partial charge is 0.270 e. The number of rotatable bonds is 2. The normalized spacial score (nSPS) is 19.8. The predicted octanol–water partition coefficient (Wildman–Crippen LogP) is 1.57. The summed E-state index contributed by atoms with van der Waals surface area (Å²) in [5.41, 5.74) is 8.65. The van der Waals surface area contributed by atoms with Gasteiger partial charge in [-0.15, -0.1) is 0 Å². The lowest BCUT2D eigenvalue weighted by atomic mass is 9.95. The van der Waals surface area contributed by atoms with Gasteiger partial charge in [-0.05, 0) is 30.2 Å². The van der Waals surface area contributed by atoms with E-state index in [0.717, 1.165) is 11.1 Å². The van der Waals surface area contributed by atoms with Crippen molar-refractivity contribution in [1.29, 1.82) is 0 Å². The first-order chi connectivity index (χ1) is 12.5. The molecule has 4 rings (SSSR count). The number of carbonyl (C=O) groups is 1. The van der Waals surface area contributed by atoms with Crippen LogP contribution >= 0.6 is 0 Å². The van der Waals surface area contributed by atoms with Gasteiger partial charge in [-0.2, -0.15) is 0 Å². The van der Waals surface area contributed by atoms with Crippen LogP contribution in [0.1, 0.15) is 27.4 Å². The third-order valence-corrected chi connectivity index (χ3v) is 4.98. The molecule has 3 heterocycles. The highest BCUT2D eigenvalue weighted by molar-refractivity contribution is 5.94. The van der Waals surface area contributed by atoms with Crippen molar-refractivity contribution in [1.82, 2.24) is 14.3 Å². The molecule has 1 saturated heterocycles. The minimum absolute atomic E-state index is 0.0685. The van der Waals surface area contributed by atoms with E-state index in [9.17, 15) is 9.59 Å². The molecular weight excluding hydrogens is 328 g/mol. The van der Waals surface area contributed by atoms with Crippen molar-refractivity contribution in [2.75, 3.05) is 13.1 Å². The second-order valence-electron chi connectivity index (χ2n) is 6.80. The first-order valence-electron chi connectivity index (χ1n) is 8.62. The van der Waals surface area contributed by atoms with Gasteiger partial charge < -0.3 is 10.6 Å². The molecule has 0 spiro atoms. The van der Waals surface area contributed by atoms with Crippen LogP contribution in [0.15, 0.2) is 59.7 Å². The zero-order valence-corrected chi connectivity index (χ0v) is 14.5. The van der Waals surface area contributed by atoms with E-state index in [4.69, 9.17) is 5.73 Å². The third-order valence-electron chi connectivity index (χ3n) is 4.98. The van der Waals surface area contributed by atoms with Gasteiger partial charge in [-0.1, -0.05) is 30.3 Å². The summed E-state index contributed by atoms with van der Waals surface area (Å²) in [6, 6.07) is 13.4. The van der Waals surface area contributed by atoms with E-state index in [1.165, 1.54) is 10.6 Å². The van der Waals surface area contributed by atoms with Crippen LogP contribution in [0.4, 0.5) is 0 Å². The quantitative estimate of drug-likeness (QED) is 0.762. The fraction of sp³-hybridized carbons (Fsp3) is 0.250. The van der Waals surface area contributed by atoms with Crippen molar-refractivity contribution in [2.24, 2.45) is 5.73 Å². The molecule has 26 heavy (non-hydrogen) atoms.